The number of methoxy groups -OCH3 is 2. The first-order valence-electron chi connectivity index (χ1n) is 7.90. The Morgan fingerprint density at radius 2 is 1.59 bits per heavy atom. The van der Waals surface area contributed by atoms with Gasteiger partial charge in [-0.1, -0.05) is 20.8 Å². The molecule has 2 fully saturated rings. The fourth-order valence-corrected chi connectivity index (χ4v) is 4.12. The van der Waals surface area contributed by atoms with Crippen molar-refractivity contribution in [2.24, 2.45) is 35.0 Å². The average Bonchev–Trinajstić information content (AvgIpc) is 2.44. The number of ether oxygens (including phenoxy) is 2. The number of rotatable bonds is 2. The molecule has 2 aliphatic rings. The number of hydrogen-bond acceptors (Lipinski definition) is 5. The molecule has 0 aromatic rings. The Kier molecular flexibility index (Phi) is 4.64. The molecule has 0 radical (unpaired) electrons. The molecule has 0 N–H and O–H groups in total. The SMILES string of the molecule is COC(=O)C1C[C@H]2CC(C(C)(C)C)C[C@H](C2=O)C1C(=O)OC. The number of carbonyl (C=O) groups is 3. The van der Waals surface area contributed by atoms with Crippen molar-refractivity contribution in [1.29, 1.82) is 0 Å². The number of hydrogen-bond donors (Lipinski definition) is 0. The van der Waals surface area contributed by atoms with Crippen molar-refractivity contribution in [3.63, 3.8) is 0 Å². The lowest BCUT2D eigenvalue weighted by Gasteiger charge is -2.47. The summed E-state index contributed by atoms with van der Waals surface area (Å²) in [6.45, 7) is 6.48. The summed E-state index contributed by atoms with van der Waals surface area (Å²) in [7, 11) is 2.62. The van der Waals surface area contributed by atoms with Gasteiger partial charge in [0.1, 0.15) is 5.78 Å². The van der Waals surface area contributed by atoms with Crippen LogP contribution >= 0.6 is 0 Å². The van der Waals surface area contributed by atoms with Gasteiger partial charge in [-0.05, 0) is 30.6 Å². The first-order chi connectivity index (χ1) is 10.2. The van der Waals surface area contributed by atoms with Crippen molar-refractivity contribution in [2.75, 3.05) is 14.2 Å². The zero-order valence-electron chi connectivity index (χ0n) is 14.0. The Bertz CT molecular complexity index is 476. The van der Waals surface area contributed by atoms with Gasteiger partial charge in [-0.3, -0.25) is 14.4 Å². The fourth-order valence-electron chi connectivity index (χ4n) is 4.12. The third kappa shape index (κ3) is 2.90. The molecular weight excluding hydrogens is 284 g/mol. The van der Waals surface area contributed by atoms with Crippen LogP contribution in [0.15, 0.2) is 0 Å². The molecular formula is C17H26O5. The standard InChI is InChI=1S/C17H26O5/c1-17(2,3)10-6-9-7-12(15(19)21-4)13(16(20)22-5)11(8-10)14(9)18/h9-13H,6-8H2,1-5H3/t9-,10?,11+,12?,13?/m1/s1. The quantitative estimate of drug-likeness (QED) is 0.732. The summed E-state index contributed by atoms with van der Waals surface area (Å²) < 4.78 is 9.73. The van der Waals surface area contributed by atoms with Crippen molar-refractivity contribution in [1.82, 2.24) is 0 Å². The third-order valence-corrected chi connectivity index (χ3v) is 5.48. The molecule has 0 aromatic heterocycles. The van der Waals surface area contributed by atoms with Gasteiger partial charge in [0, 0.05) is 11.8 Å². The molecule has 2 rings (SSSR count). The van der Waals surface area contributed by atoms with Crippen LogP contribution in [0.5, 0.6) is 0 Å². The third-order valence-electron chi connectivity index (χ3n) is 5.48. The molecule has 0 spiro atoms. The van der Waals surface area contributed by atoms with Crippen LogP contribution in [0.2, 0.25) is 0 Å². The van der Waals surface area contributed by atoms with E-state index in [0.29, 0.717) is 18.8 Å². The topological polar surface area (TPSA) is 69.7 Å². The lowest BCUT2D eigenvalue weighted by Crippen LogP contribution is -2.52. The molecule has 22 heavy (non-hydrogen) atoms. The van der Waals surface area contributed by atoms with E-state index in [4.69, 9.17) is 9.47 Å². The molecule has 5 nitrogen and oxygen atoms in total. The second-order valence-electron chi connectivity index (χ2n) is 7.65. The fraction of sp³-hybridized carbons (Fsp3) is 0.824. The first kappa shape index (κ1) is 17.0. The summed E-state index contributed by atoms with van der Waals surface area (Å²) in [6, 6.07) is 0. The zero-order valence-corrected chi connectivity index (χ0v) is 14.0. The minimum absolute atomic E-state index is 0.0793. The van der Waals surface area contributed by atoms with Gasteiger partial charge in [0.25, 0.3) is 0 Å². The van der Waals surface area contributed by atoms with Crippen molar-refractivity contribution < 1.29 is 23.9 Å². The minimum atomic E-state index is -0.702. The molecule has 2 bridgehead atoms. The van der Waals surface area contributed by atoms with Gasteiger partial charge in [-0.15, -0.1) is 0 Å². The second kappa shape index (κ2) is 6.01. The molecule has 0 aliphatic heterocycles. The van der Waals surface area contributed by atoms with Gasteiger partial charge in [0.2, 0.25) is 0 Å². The molecule has 5 heteroatoms. The van der Waals surface area contributed by atoms with Gasteiger partial charge in [-0.25, -0.2) is 0 Å². The molecule has 0 amide bonds. The van der Waals surface area contributed by atoms with Crippen LogP contribution in [0.3, 0.4) is 0 Å². The Labute approximate surface area is 131 Å². The van der Waals surface area contributed by atoms with Gasteiger partial charge < -0.3 is 9.47 Å². The van der Waals surface area contributed by atoms with E-state index >= 15 is 0 Å². The van der Waals surface area contributed by atoms with Gasteiger partial charge >= 0.3 is 11.9 Å². The highest BCUT2D eigenvalue weighted by Crippen LogP contribution is 2.50. The van der Waals surface area contributed by atoms with E-state index in [1.165, 1.54) is 14.2 Å². The van der Waals surface area contributed by atoms with E-state index in [0.717, 1.165) is 6.42 Å². The lowest BCUT2D eigenvalue weighted by atomic mass is 9.55. The molecule has 0 heterocycles. The minimum Gasteiger partial charge on any atom is -0.469 e. The molecule has 5 atom stereocenters. The predicted octanol–water partition coefficient (Wildman–Crippen LogP) is 2.23. The van der Waals surface area contributed by atoms with Gasteiger partial charge in [0.15, 0.2) is 0 Å². The lowest BCUT2D eigenvalue weighted by molar-refractivity contribution is -0.170. The highest BCUT2D eigenvalue weighted by Gasteiger charge is 2.55. The molecule has 3 unspecified atom stereocenters. The maximum absolute atomic E-state index is 12.6. The van der Waals surface area contributed by atoms with Crippen LogP contribution in [0.4, 0.5) is 0 Å². The zero-order chi connectivity index (χ0) is 16.7. The number of ketones is 1. The highest BCUT2D eigenvalue weighted by atomic mass is 16.5. The van der Waals surface area contributed by atoms with Gasteiger partial charge in [0.05, 0.1) is 26.1 Å². The van der Waals surface area contributed by atoms with E-state index in [1.54, 1.807) is 0 Å². The first-order valence-corrected chi connectivity index (χ1v) is 7.90. The normalized spacial score (nSPS) is 35.0. The average molecular weight is 310 g/mol. The Hall–Kier alpha value is -1.39. The van der Waals surface area contributed by atoms with Crippen molar-refractivity contribution in [3.8, 4) is 0 Å². The van der Waals surface area contributed by atoms with Crippen molar-refractivity contribution >= 4 is 17.7 Å². The van der Waals surface area contributed by atoms with Crippen molar-refractivity contribution in [2.45, 2.75) is 40.0 Å². The molecule has 2 aliphatic carbocycles. The summed E-state index contributed by atoms with van der Waals surface area (Å²) >= 11 is 0. The van der Waals surface area contributed by atoms with E-state index < -0.39 is 29.7 Å². The molecule has 124 valence electrons. The van der Waals surface area contributed by atoms with Crippen LogP contribution in [0.25, 0.3) is 0 Å². The Morgan fingerprint density at radius 1 is 1.00 bits per heavy atom. The Balaban J connectivity index is 2.35. The smallest absolute Gasteiger partial charge is 0.310 e. The van der Waals surface area contributed by atoms with E-state index in [2.05, 4.69) is 20.8 Å². The predicted molar refractivity (Wildman–Crippen MR) is 79.8 cm³/mol. The van der Waals surface area contributed by atoms with E-state index in [-0.39, 0.29) is 17.1 Å². The summed E-state index contributed by atoms with van der Waals surface area (Å²) in [5.41, 5.74) is 0.0793. The van der Waals surface area contributed by atoms with E-state index in [1.807, 2.05) is 0 Å². The number of carbonyl (C=O) groups excluding carboxylic acids is 3. The summed E-state index contributed by atoms with van der Waals surface area (Å²) in [5, 5.41) is 0. The molecule has 2 saturated carbocycles. The summed E-state index contributed by atoms with van der Waals surface area (Å²) in [6.07, 6.45) is 1.83. The molecule has 0 saturated heterocycles. The summed E-state index contributed by atoms with van der Waals surface area (Å²) in [5.74, 6) is -2.23. The maximum atomic E-state index is 12.6. The van der Waals surface area contributed by atoms with Crippen LogP contribution in [0.1, 0.15) is 40.0 Å². The van der Waals surface area contributed by atoms with Crippen LogP contribution < -0.4 is 0 Å². The number of Topliss-reactive ketones (excluding diaryl/α,β-unsaturated/α-hetero) is 1. The number of esters is 2. The van der Waals surface area contributed by atoms with E-state index in [9.17, 15) is 14.4 Å². The van der Waals surface area contributed by atoms with Crippen molar-refractivity contribution in [3.05, 3.63) is 0 Å². The number of fused-ring (bicyclic) bond motifs is 2. The molecule has 0 aromatic carbocycles. The highest BCUT2D eigenvalue weighted by molar-refractivity contribution is 5.94. The second-order valence-corrected chi connectivity index (χ2v) is 7.65. The maximum Gasteiger partial charge on any atom is 0.310 e. The van der Waals surface area contributed by atoms with Crippen LogP contribution in [0, 0.1) is 35.0 Å². The summed E-state index contributed by atoms with van der Waals surface area (Å²) in [4.78, 5) is 36.9. The monoisotopic (exact) mass is 310 g/mol. The Morgan fingerprint density at radius 3 is 2.09 bits per heavy atom. The van der Waals surface area contributed by atoms with Gasteiger partial charge in [-0.2, -0.15) is 0 Å². The largest absolute Gasteiger partial charge is 0.469 e. The van der Waals surface area contributed by atoms with Crippen LogP contribution in [-0.2, 0) is 23.9 Å². The van der Waals surface area contributed by atoms with Crippen LogP contribution in [-0.4, -0.2) is 31.9 Å².